The molecule has 0 aliphatic carbocycles. The number of hydrogen-bond donors (Lipinski definition) is 0. The molecule has 0 saturated heterocycles. The molecule has 27 heteroatoms. The molecule has 0 aliphatic heterocycles. The molecule has 0 rings (SSSR count). The largest absolute Gasteiger partial charge is 0.690 e. The van der Waals surface area contributed by atoms with E-state index in [4.69, 9.17) is 108 Å². The van der Waals surface area contributed by atoms with Gasteiger partial charge in [0.2, 0.25) is 0 Å². The van der Waals surface area contributed by atoms with Crippen LogP contribution in [0.15, 0.2) is 0 Å². The molecule has 0 N–H and O–H groups in total. The maximum atomic E-state index is 6.24. The van der Waals surface area contributed by atoms with Gasteiger partial charge in [-0.25, -0.2) is 0 Å². The molecule has 0 aromatic carbocycles. The van der Waals surface area contributed by atoms with Crippen molar-refractivity contribution >= 4 is 192 Å². The first kappa shape index (κ1) is 28.8. The van der Waals surface area contributed by atoms with Crippen LogP contribution in [0.25, 0.3) is 0 Å². The van der Waals surface area contributed by atoms with Crippen molar-refractivity contribution in [1.29, 1.82) is 0 Å². The third kappa shape index (κ3) is 8.07. The van der Waals surface area contributed by atoms with Crippen molar-refractivity contribution in [1.82, 2.24) is 0 Å². The van der Waals surface area contributed by atoms with Crippen LogP contribution in [0.2, 0.25) is 0 Å². The minimum atomic E-state index is -0.994. The van der Waals surface area contributed by atoms with Crippen molar-refractivity contribution in [3.63, 3.8) is 0 Å². The van der Waals surface area contributed by atoms with E-state index in [2.05, 4.69) is 0 Å². The highest BCUT2D eigenvalue weighted by atomic mass is 13.3. The highest BCUT2D eigenvalue weighted by Gasteiger charge is 2.49. The van der Waals surface area contributed by atoms with Gasteiger partial charge in [-0.2, -0.15) is 0 Å². The van der Waals surface area contributed by atoms with E-state index >= 15 is 0 Å². The minimum absolute atomic E-state index is 0.724. The van der Waals surface area contributed by atoms with Crippen LogP contribution in [0.5, 0.6) is 0 Å². The summed E-state index contributed by atoms with van der Waals surface area (Å²) in [6.07, 6.45) is -10.5. The van der Waals surface area contributed by atoms with Gasteiger partial charge in [0, 0.05) is 0 Å². The second-order valence-corrected chi connectivity index (χ2v) is 7.12. The first-order chi connectivity index (χ1) is 12.3. The topological polar surface area (TPSA) is 0 Å². The Kier molecular flexibility index (Phi) is 14.1. The molecule has 0 unspecified atom stereocenters. The molecule has 27 heavy (non-hydrogen) atoms. The molecular weight excluding hydrogens is 292 g/mol. The van der Waals surface area contributed by atoms with Gasteiger partial charge in [0.25, 0.3) is 0 Å². The molecule has 0 aromatic heterocycles. The Hall–Kier alpha value is 1.75. The van der Waals surface area contributed by atoms with E-state index < -0.39 is 76.6 Å². The lowest BCUT2D eigenvalue weighted by atomic mass is 8.33. The van der Waals surface area contributed by atoms with Crippen molar-refractivity contribution in [2.75, 3.05) is 0 Å². The fourth-order valence-corrected chi connectivity index (χ4v) is 3.98. The molecule has 0 spiro atoms. The zero-order valence-corrected chi connectivity index (χ0v) is 15.6. The zero-order chi connectivity index (χ0) is 21.6. The van der Waals surface area contributed by atoms with Gasteiger partial charge in [0.15, 0.2) is 0 Å². The van der Waals surface area contributed by atoms with E-state index in [1.807, 2.05) is 0 Å². The maximum absolute atomic E-state index is 6.24. The lowest BCUT2D eigenvalue weighted by Gasteiger charge is -2.49. The molecular formula is B27-. The first-order valence-corrected chi connectivity index (χ1v) is 8.67. The van der Waals surface area contributed by atoms with Crippen molar-refractivity contribution in [3.8, 4) is 0 Å². The zero-order valence-electron chi connectivity index (χ0n) is 15.6. The molecule has 0 aliphatic rings. The lowest BCUT2D eigenvalue weighted by Crippen LogP contribution is -2.86. The highest BCUT2D eigenvalue weighted by Crippen LogP contribution is 2.12. The summed E-state index contributed by atoms with van der Waals surface area (Å²) >= 11 is 0. The van der Waals surface area contributed by atoms with E-state index in [-0.39, 0.29) is 0 Å². The smallest absolute Gasteiger partial charge is 0.0000000000473 e. The summed E-state index contributed by atoms with van der Waals surface area (Å²) < 4.78 is 0. The summed E-state index contributed by atoms with van der Waals surface area (Å²) in [6, 6.07) is 0. The number of hydrogen-bond acceptors (Lipinski definition) is 0. The summed E-state index contributed by atoms with van der Waals surface area (Å²) in [6.45, 7) is 0. The van der Waals surface area contributed by atoms with Crippen molar-refractivity contribution in [3.05, 3.63) is 0 Å². The third-order valence-electron chi connectivity index (χ3n) is 5.11. The van der Waals surface area contributed by atoms with Crippen LogP contribution in [0, 0.1) is 0 Å². The SMILES string of the molecule is [B]B([B])B(B([B])[B])B(B([B])[B][B-])B(B(B([B])[B])B([B])[B])B(B([B])[B])B([B])[B]. The van der Waals surface area contributed by atoms with E-state index in [1.165, 1.54) is 7.06 Å². The Morgan fingerprint density at radius 1 is 0.370 bits per heavy atom. The van der Waals surface area contributed by atoms with Gasteiger partial charge in [0.1, 0.15) is 0 Å². The number of rotatable bonds is 12. The second kappa shape index (κ2) is 13.2. The summed E-state index contributed by atoms with van der Waals surface area (Å²) in [5.74, 6) is 0. The Balaban J connectivity index is 6.66. The minimum Gasteiger partial charge on any atom is -0.690 e. The van der Waals surface area contributed by atoms with Crippen molar-refractivity contribution in [2.24, 2.45) is 0 Å². The fraction of sp³-hybridized carbons (Fsp3) is 0. The average molecular weight is 292 g/mol. The van der Waals surface area contributed by atoms with Gasteiger partial charge in [-0.1, -0.05) is 0 Å². The Bertz CT molecular complexity index is 329. The van der Waals surface area contributed by atoms with Crippen molar-refractivity contribution < 1.29 is 0 Å². The third-order valence-corrected chi connectivity index (χ3v) is 5.11. The summed E-state index contributed by atoms with van der Waals surface area (Å²) in [5, 5.41) is 0. The van der Waals surface area contributed by atoms with E-state index in [9.17, 15) is 0 Å². The van der Waals surface area contributed by atoms with Crippen LogP contribution in [0.1, 0.15) is 0 Å². The quantitative estimate of drug-likeness (QED) is 0.313. The van der Waals surface area contributed by atoms with Gasteiger partial charge >= 0.3 is 0 Å². The molecule has 0 aromatic rings. The summed E-state index contributed by atoms with van der Waals surface area (Å²) in [4.78, 5) is 0. The standard InChI is InChI=1S/B27/c1-15-22(14)26(23(16(2)3)17(4)5)27(24(18(6)7)19(8)9)25(20(10)11)21(12)13/q-1. The Morgan fingerprint density at radius 2 is 0.593 bits per heavy atom. The predicted octanol–water partition coefficient (Wildman–Crippen LogP) is -10.3. The van der Waals surface area contributed by atoms with Crippen LogP contribution >= 0.6 is 0 Å². The molecule has 0 atom stereocenters. The lowest BCUT2D eigenvalue weighted by molar-refractivity contribution is 3.27. The van der Waals surface area contributed by atoms with Crippen molar-refractivity contribution in [2.45, 2.75) is 0 Å². The molecule has 30 radical (unpaired) electrons. The second-order valence-electron chi connectivity index (χ2n) is 7.12. The van der Waals surface area contributed by atoms with Crippen LogP contribution in [0.3, 0.4) is 0 Å². The normalized spacial score (nSPS) is 9.37. The van der Waals surface area contributed by atoms with Gasteiger partial charge in [-0.3, -0.25) is 7.06 Å². The maximum Gasteiger partial charge on any atom is -0.0000000000473 e. The van der Waals surface area contributed by atoms with Crippen LogP contribution < -0.4 is 0 Å². The van der Waals surface area contributed by atoms with Crippen LogP contribution in [0.4, 0.5) is 0 Å². The predicted molar refractivity (Wildman–Crippen MR) is 155 cm³/mol. The van der Waals surface area contributed by atoms with Crippen LogP contribution in [-0.2, 0) is 0 Å². The van der Waals surface area contributed by atoms with E-state index in [0.717, 1.165) is 0 Å². The highest BCUT2D eigenvalue weighted by molar-refractivity contribution is 8.25. The van der Waals surface area contributed by atoms with E-state index in [0.29, 0.717) is 0 Å². The first-order valence-electron chi connectivity index (χ1n) is 8.67. The molecule has 0 amide bonds. The van der Waals surface area contributed by atoms with Gasteiger partial charge in [0.05, 0.1) is 0 Å². The Labute approximate surface area is 191 Å². The molecule has 0 saturated carbocycles. The van der Waals surface area contributed by atoms with E-state index in [1.54, 1.807) is 0 Å². The molecule has 0 fully saturated rings. The van der Waals surface area contributed by atoms with Gasteiger partial charge in [-0.15, -0.1) is 0 Å². The molecule has 0 nitrogen and oxygen atoms in total. The average Bonchev–Trinajstić information content (AvgIpc) is 2.48. The van der Waals surface area contributed by atoms with Crippen LogP contribution in [-0.4, -0.2) is 192 Å². The molecule has 0 heterocycles. The van der Waals surface area contributed by atoms with Gasteiger partial charge in [-0.05, 0) is 177 Å². The Morgan fingerprint density at radius 3 is 0.778 bits per heavy atom. The summed E-state index contributed by atoms with van der Waals surface area (Å²) in [7, 11) is 84.5. The fourth-order valence-electron chi connectivity index (χ4n) is 3.98. The van der Waals surface area contributed by atoms with Gasteiger partial charge < -0.3 is 7.74 Å². The molecule has 0 bridgehead atoms. The monoisotopic (exact) mass is 297 g/mol. The summed E-state index contributed by atoms with van der Waals surface area (Å²) in [5.41, 5.74) is 0. The molecule has 82 valence electrons.